The summed E-state index contributed by atoms with van der Waals surface area (Å²) in [6.45, 7) is 2.88. The second-order valence-electron chi connectivity index (χ2n) is 4.27. The predicted octanol–water partition coefficient (Wildman–Crippen LogP) is 3.05. The Kier molecular flexibility index (Phi) is 3.37. The highest BCUT2D eigenvalue weighted by Crippen LogP contribution is 2.18. The van der Waals surface area contributed by atoms with Crippen LogP contribution in [-0.4, -0.2) is 21.5 Å². The van der Waals surface area contributed by atoms with E-state index in [-0.39, 0.29) is 0 Å². The SMILES string of the molecule is Cc1ncsc1CCNc1nccc2cccnc12. The number of aromatic nitrogens is 3. The molecular weight excluding hydrogens is 256 g/mol. The van der Waals surface area contributed by atoms with Crippen LogP contribution in [0.3, 0.4) is 0 Å². The van der Waals surface area contributed by atoms with Crippen LogP contribution in [0, 0.1) is 6.92 Å². The van der Waals surface area contributed by atoms with Crippen LogP contribution in [0.4, 0.5) is 5.82 Å². The molecule has 0 radical (unpaired) electrons. The van der Waals surface area contributed by atoms with Gasteiger partial charge in [0.1, 0.15) is 5.52 Å². The van der Waals surface area contributed by atoms with Crippen molar-refractivity contribution < 1.29 is 0 Å². The number of rotatable bonds is 4. The van der Waals surface area contributed by atoms with Crippen molar-refractivity contribution in [2.75, 3.05) is 11.9 Å². The highest BCUT2D eigenvalue weighted by Gasteiger charge is 2.04. The second kappa shape index (κ2) is 5.32. The number of fused-ring (bicyclic) bond motifs is 1. The van der Waals surface area contributed by atoms with Crippen LogP contribution >= 0.6 is 11.3 Å². The molecule has 0 spiro atoms. The lowest BCUT2D eigenvalue weighted by Gasteiger charge is -2.07. The largest absolute Gasteiger partial charge is 0.368 e. The van der Waals surface area contributed by atoms with Gasteiger partial charge in [-0.15, -0.1) is 11.3 Å². The number of thiazole rings is 1. The van der Waals surface area contributed by atoms with E-state index in [4.69, 9.17) is 0 Å². The predicted molar refractivity (Wildman–Crippen MR) is 78.6 cm³/mol. The van der Waals surface area contributed by atoms with Gasteiger partial charge in [0.2, 0.25) is 0 Å². The molecular formula is C14H14N4S. The summed E-state index contributed by atoms with van der Waals surface area (Å²) in [5, 5.41) is 4.46. The van der Waals surface area contributed by atoms with Crippen LogP contribution in [0.2, 0.25) is 0 Å². The van der Waals surface area contributed by atoms with Gasteiger partial charge >= 0.3 is 0 Å². The number of hydrogen-bond donors (Lipinski definition) is 1. The maximum Gasteiger partial charge on any atom is 0.152 e. The van der Waals surface area contributed by atoms with Gasteiger partial charge < -0.3 is 5.32 Å². The zero-order chi connectivity index (χ0) is 13.1. The average Bonchev–Trinajstić information content (AvgIpc) is 2.85. The Morgan fingerprint density at radius 3 is 2.95 bits per heavy atom. The Bertz CT molecular complexity index is 687. The summed E-state index contributed by atoms with van der Waals surface area (Å²) in [7, 11) is 0. The quantitative estimate of drug-likeness (QED) is 0.791. The minimum Gasteiger partial charge on any atom is -0.368 e. The van der Waals surface area contributed by atoms with Gasteiger partial charge in [-0.25, -0.2) is 9.97 Å². The maximum atomic E-state index is 4.38. The highest BCUT2D eigenvalue weighted by atomic mass is 32.1. The molecule has 0 amide bonds. The molecule has 5 heteroatoms. The molecule has 3 aromatic rings. The Balaban J connectivity index is 1.74. The zero-order valence-corrected chi connectivity index (χ0v) is 11.4. The topological polar surface area (TPSA) is 50.7 Å². The summed E-state index contributed by atoms with van der Waals surface area (Å²) < 4.78 is 0. The van der Waals surface area contributed by atoms with Gasteiger partial charge in [0.25, 0.3) is 0 Å². The van der Waals surface area contributed by atoms with Crippen molar-refractivity contribution in [3.8, 4) is 0 Å². The Morgan fingerprint density at radius 1 is 1.16 bits per heavy atom. The number of hydrogen-bond acceptors (Lipinski definition) is 5. The smallest absolute Gasteiger partial charge is 0.152 e. The maximum absolute atomic E-state index is 4.38. The summed E-state index contributed by atoms with van der Waals surface area (Å²) in [6.07, 6.45) is 4.56. The van der Waals surface area contributed by atoms with Gasteiger partial charge in [0.15, 0.2) is 5.82 Å². The first kappa shape index (κ1) is 12.0. The third kappa shape index (κ3) is 2.56. The van der Waals surface area contributed by atoms with Gasteiger partial charge in [-0.2, -0.15) is 0 Å². The van der Waals surface area contributed by atoms with Crippen LogP contribution in [0.25, 0.3) is 10.9 Å². The monoisotopic (exact) mass is 270 g/mol. The van der Waals surface area contributed by atoms with Gasteiger partial charge in [-0.3, -0.25) is 4.98 Å². The fourth-order valence-corrected chi connectivity index (χ4v) is 2.77. The standard InChI is InChI=1S/C14H14N4S/c1-10-12(19-9-18-10)5-8-17-14-13-11(4-7-16-14)3-2-6-15-13/h2-4,6-7,9H,5,8H2,1H3,(H,16,17). The average molecular weight is 270 g/mol. The van der Waals surface area contributed by atoms with Crippen LogP contribution < -0.4 is 5.32 Å². The Hall–Kier alpha value is -2.01. The lowest BCUT2D eigenvalue weighted by Crippen LogP contribution is -2.07. The minimum atomic E-state index is 0.839. The summed E-state index contributed by atoms with van der Waals surface area (Å²) in [5.41, 5.74) is 3.93. The van der Waals surface area contributed by atoms with E-state index < -0.39 is 0 Å². The van der Waals surface area contributed by atoms with Crippen LogP contribution in [0.5, 0.6) is 0 Å². The molecule has 0 aliphatic rings. The van der Waals surface area contributed by atoms with Crippen molar-refractivity contribution in [2.45, 2.75) is 13.3 Å². The normalized spacial score (nSPS) is 10.8. The highest BCUT2D eigenvalue weighted by molar-refractivity contribution is 7.09. The fourth-order valence-electron chi connectivity index (χ4n) is 1.99. The van der Waals surface area contributed by atoms with Gasteiger partial charge in [0, 0.05) is 35.6 Å². The molecule has 1 N–H and O–H groups in total. The van der Waals surface area contributed by atoms with Crippen molar-refractivity contribution >= 4 is 28.1 Å². The van der Waals surface area contributed by atoms with Crippen molar-refractivity contribution in [3.05, 3.63) is 46.7 Å². The first-order valence-electron chi connectivity index (χ1n) is 6.17. The molecule has 0 saturated heterocycles. The molecule has 4 nitrogen and oxygen atoms in total. The molecule has 3 rings (SSSR count). The zero-order valence-electron chi connectivity index (χ0n) is 10.6. The van der Waals surface area contributed by atoms with Gasteiger partial charge in [-0.1, -0.05) is 6.07 Å². The molecule has 19 heavy (non-hydrogen) atoms. The molecule has 96 valence electrons. The first-order valence-corrected chi connectivity index (χ1v) is 7.05. The van der Waals surface area contributed by atoms with E-state index in [2.05, 4.69) is 20.3 Å². The van der Waals surface area contributed by atoms with E-state index in [1.165, 1.54) is 4.88 Å². The number of nitrogens with one attached hydrogen (secondary N) is 1. The van der Waals surface area contributed by atoms with Crippen molar-refractivity contribution in [1.82, 2.24) is 15.0 Å². The van der Waals surface area contributed by atoms with Crippen molar-refractivity contribution in [3.63, 3.8) is 0 Å². The summed E-state index contributed by atoms with van der Waals surface area (Å²) in [4.78, 5) is 14.3. The summed E-state index contributed by atoms with van der Waals surface area (Å²) >= 11 is 1.70. The number of nitrogens with zero attached hydrogens (tertiary/aromatic N) is 3. The molecule has 0 aliphatic carbocycles. The van der Waals surface area contributed by atoms with Gasteiger partial charge in [0.05, 0.1) is 11.2 Å². The lowest BCUT2D eigenvalue weighted by atomic mass is 10.2. The van der Waals surface area contributed by atoms with E-state index >= 15 is 0 Å². The van der Waals surface area contributed by atoms with E-state index in [0.29, 0.717) is 0 Å². The van der Waals surface area contributed by atoms with E-state index in [9.17, 15) is 0 Å². The molecule has 3 heterocycles. The van der Waals surface area contributed by atoms with Crippen LogP contribution in [0.1, 0.15) is 10.6 Å². The second-order valence-corrected chi connectivity index (χ2v) is 5.21. The fraction of sp³-hybridized carbons (Fsp3) is 0.214. The van der Waals surface area contributed by atoms with E-state index in [0.717, 1.165) is 35.4 Å². The number of pyridine rings is 2. The molecule has 0 fully saturated rings. The van der Waals surface area contributed by atoms with E-state index in [1.54, 1.807) is 17.5 Å². The minimum absolute atomic E-state index is 0.839. The van der Waals surface area contributed by atoms with E-state index in [1.807, 2.05) is 36.8 Å². The first-order chi connectivity index (χ1) is 9.34. The third-order valence-corrected chi connectivity index (χ3v) is 4.01. The Labute approximate surface area is 115 Å². The summed E-state index contributed by atoms with van der Waals surface area (Å²) in [5.74, 6) is 0.847. The summed E-state index contributed by atoms with van der Waals surface area (Å²) in [6, 6.07) is 5.95. The number of anilines is 1. The lowest BCUT2D eigenvalue weighted by molar-refractivity contribution is 1.01. The van der Waals surface area contributed by atoms with Crippen LogP contribution in [0.15, 0.2) is 36.1 Å². The molecule has 0 atom stereocenters. The third-order valence-electron chi connectivity index (χ3n) is 3.01. The molecule has 0 aromatic carbocycles. The number of aryl methyl sites for hydroxylation is 1. The van der Waals surface area contributed by atoms with Crippen LogP contribution in [-0.2, 0) is 6.42 Å². The van der Waals surface area contributed by atoms with Gasteiger partial charge in [-0.05, 0) is 19.1 Å². The van der Waals surface area contributed by atoms with Crippen molar-refractivity contribution in [1.29, 1.82) is 0 Å². The molecule has 0 saturated carbocycles. The Morgan fingerprint density at radius 2 is 2.11 bits per heavy atom. The molecule has 0 aliphatic heterocycles. The molecule has 0 bridgehead atoms. The molecule has 0 unspecified atom stereocenters. The van der Waals surface area contributed by atoms with Crippen molar-refractivity contribution in [2.24, 2.45) is 0 Å². The molecule has 3 aromatic heterocycles.